The molecule has 2 aliphatic heterocycles. The molecule has 1 aromatic carbocycles. The monoisotopic (exact) mass is 350 g/mol. The summed E-state index contributed by atoms with van der Waals surface area (Å²) in [7, 11) is 0. The number of hydrazine groups is 1. The van der Waals surface area contributed by atoms with E-state index in [0.717, 1.165) is 32.5 Å². The van der Waals surface area contributed by atoms with Gasteiger partial charge >= 0.3 is 0 Å². The zero-order valence-electron chi connectivity index (χ0n) is 14.5. The van der Waals surface area contributed by atoms with Gasteiger partial charge in [-0.15, -0.1) is 0 Å². The second-order valence-corrected chi connectivity index (χ2v) is 6.76. The number of carbonyl (C=O) groups is 1. The summed E-state index contributed by atoms with van der Waals surface area (Å²) in [5.41, 5.74) is 6.53. The first kappa shape index (κ1) is 18.1. The van der Waals surface area contributed by atoms with Crippen molar-refractivity contribution in [2.75, 3.05) is 39.3 Å². The highest BCUT2D eigenvalue weighted by Crippen LogP contribution is 2.22. The summed E-state index contributed by atoms with van der Waals surface area (Å²) in [4.78, 5) is 14.3. The van der Waals surface area contributed by atoms with E-state index in [-0.39, 0.29) is 11.7 Å². The van der Waals surface area contributed by atoms with Crippen molar-refractivity contribution in [1.82, 2.24) is 21.1 Å². The number of hydrogen-bond donors (Lipinski definition) is 3. The molecule has 6 nitrogen and oxygen atoms in total. The van der Waals surface area contributed by atoms with Crippen LogP contribution in [0.5, 0.6) is 5.75 Å². The third kappa shape index (κ3) is 5.66. The van der Waals surface area contributed by atoms with Crippen molar-refractivity contribution < 1.29 is 13.9 Å². The third-order valence-electron chi connectivity index (χ3n) is 4.84. The summed E-state index contributed by atoms with van der Waals surface area (Å²) >= 11 is 0. The number of amides is 1. The van der Waals surface area contributed by atoms with Crippen molar-refractivity contribution in [2.45, 2.75) is 25.3 Å². The van der Waals surface area contributed by atoms with Crippen molar-refractivity contribution in [3.63, 3.8) is 0 Å². The lowest BCUT2D eigenvalue weighted by Crippen LogP contribution is -2.48. The lowest BCUT2D eigenvalue weighted by atomic mass is 9.90. The molecule has 0 aliphatic carbocycles. The van der Waals surface area contributed by atoms with Crippen LogP contribution in [0.2, 0.25) is 0 Å². The van der Waals surface area contributed by atoms with E-state index in [1.165, 1.54) is 18.6 Å². The molecule has 0 spiro atoms. The summed E-state index contributed by atoms with van der Waals surface area (Å²) in [6.07, 6.45) is 3.51. The van der Waals surface area contributed by atoms with Crippen LogP contribution in [0.3, 0.4) is 0 Å². The Bertz CT molecular complexity index is 566. The first-order valence-corrected chi connectivity index (χ1v) is 9.06. The van der Waals surface area contributed by atoms with Gasteiger partial charge in [-0.3, -0.25) is 20.5 Å². The molecule has 1 aromatic rings. The summed E-state index contributed by atoms with van der Waals surface area (Å²) in [6, 6.07) is 6.53. The van der Waals surface area contributed by atoms with E-state index in [9.17, 15) is 9.18 Å². The number of likely N-dealkylation sites (tertiary alicyclic amines) is 1. The van der Waals surface area contributed by atoms with Gasteiger partial charge in [0.25, 0.3) is 0 Å². The van der Waals surface area contributed by atoms with Crippen molar-refractivity contribution in [3.8, 4) is 5.75 Å². The first-order valence-electron chi connectivity index (χ1n) is 9.06. The minimum absolute atomic E-state index is 0.0148. The molecule has 0 radical (unpaired) electrons. The molecule has 0 bridgehead atoms. The molecule has 2 fully saturated rings. The number of hydrogen-bond acceptors (Lipinski definition) is 5. The van der Waals surface area contributed by atoms with Crippen LogP contribution >= 0.6 is 0 Å². The zero-order valence-corrected chi connectivity index (χ0v) is 14.5. The standard InChI is InChI=1S/C18H27FN4O2/c19-15-4-1-5-16(11-15)25-10-8-20-18(24)13-23-9-2-3-14(12-23)17-6-7-21-22-17/h1,4-5,11,14,17,21-22H,2-3,6-10,12-13H2,(H,20,24). The minimum Gasteiger partial charge on any atom is -0.492 e. The Morgan fingerprint density at radius 3 is 3.12 bits per heavy atom. The molecule has 7 heteroatoms. The van der Waals surface area contributed by atoms with Crippen LogP contribution in [0.25, 0.3) is 0 Å². The average Bonchev–Trinajstić information content (AvgIpc) is 3.14. The lowest BCUT2D eigenvalue weighted by molar-refractivity contribution is -0.122. The van der Waals surface area contributed by atoms with E-state index in [4.69, 9.17) is 4.74 Å². The first-order chi connectivity index (χ1) is 12.2. The second-order valence-electron chi connectivity index (χ2n) is 6.76. The maximum atomic E-state index is 13.0. The van der Waals surface area contributed by atoms with Crippen LogP contribution in [0.1, 0.15) is 19.3 Å². The van der Waals surface area contributed by atoms with Crippen molar-refractivity contribution in [1.29, 1.82) is 0 Å². The van der Waals surface area contributed by atoms with E-state index < -0.39 is 0 Å². The average molecular weight is 350 g/mol. The van der Waals surface area contributed by atoms with Gasteiger partial charge < -0.3 is 10.1 Å². The highest BCUT2D eigenvalue weighted by atomic mass is 19.1. The Balaban J connectivity index is 1.33. The molecule has 1 amide bonds. The molecule has 2 atom stereocenters. The Hall–Kier alpha value is -1.70. The molecule has 3 rings (SSSR count). The Kier molecular flexibility index (Phi) is 6.61. The Labute approximate surface area is 148 Å². The van der Waals surface area contributed by atoms with Gasteiger partial charge in [0.05, 0.1) is 13.1 Å². The molecule has 2 aliphatic rings. The van der Waals surface area contributed by atoms with Crippen molar-refractivity contribution in [2.24, 2.45) is 5.92 Å². The number of nitrogens with one attached hydrogen (secondary N) is 3. The largest absolute Gasteiger partial charge is 0.492 e. The van der Waals surface area contributed by atoms with Crippen LogP contribution in [0.15, 0.2) is 24.3 Å². The summed E-state index contributed by atoms with van der Waals surface area (Å²) < 4.78 is 18.5. The molecule has 0 saturated carbocycles. The molecule has 3 N–H and O–H groups in total. The van der Waals surface area contributed by atoms with Gasteiger partial charge in [0.1, 0.15) is 18.2 Å². The van der Waals surface area contributed by atoms with E-state index in [0.29, 0.717) is 37.4 Å². The van der Waals surface area contributed by atoms with Gasteiger partial charge in [-0.25, -0.2) is 4.39 Å². The molecule has 2 unspecified atom stereocenters. The number of halogens is 1. The smallest absolute Gasteiger partial charge is 0.234 e. The van der Waals surface area contributed by atoms with Crippen molar-refractivity contribution >= 4 is 5.91 Å². The topological polar surface area (TPSA) is 65.6 Å². The van der Waals surface area contributed by atoms with Crippen LogP contribution in [-0.4, -0.2) is 56.2 Å². The normalized spacial score (nSPS) is 24.2. The van der Waals surface area contributed by atoms with Gasteiger partial charge in [0.15, 0.2) is 0 Å². The predicted octanol–water partition coefficient (Wildman–Crippen LogP) is 0.899. The van der Waals surface area contributed by atoms with Crippen molar-refractivity contribution in [3.05, 3.63) is 30.1 Å². The van der Waals surface area contributed by atoms with Crippen LogP contribution in [0, 0.1) is 11.7 Å². The SMILES string of the molecule is O=C(CN1CCCC(C2CCNN2)C1)NCCOc1cccc(F)c1. The molecular weight excluding hydrogens is 323 g/mol. The summed E-state index contributed by atoms with van der Waals surface area (Å²) in [6.45, 7) is 4.14. The number of benzene rings is 1. The van der Waals surface area contributed by atoms with E-state index in [1.54, 1.807) is 12.1 Å². The molecule has 138 valence electrons. The second kappa shape index (κ2) is 9.12. The Morgan fingerprint density at radius 2 is 2.32 bits per heavy atom. The molecule has 2 heterocycles. The van der Waals surface area contributed by atoms with Gasteiger partial charge in [-0.1, -0.05) is 6.07 Å². The molecule has 2 saturated heterocycles. The van der Waals surface area contributed by atoms with Crippen LogP contribution in [-0.2, 0) is 4.79 Å². The number of ether oxygens (including phenoxy) is 1. The predicted molar refractivity (Wildman–Crippen MR) is 93.6 cm³/mol. The number of nitrogens with zero attached hydrogens (tertiary/aromatic N) is 1. The maximum absolute atomic E-state index is 13.0. The number of carbonyl (C=O) groups excluding carboxylic acids is 1. The highest BCUT2D eigenvalue weighted by molar-refractivity contribution is 5.78. The Morgan fingerprint density at radius 1 is 1.40 bits per heavy atom. The van der Waals surface area contributed by atoms with Crippen LogP contribution in [0.4, 0.5) is 4.39 Å². The van der Waals surface area contributed by atoms with Gasteiger partial charge in [-0.05, 0) is 43.9 Å². The lowest BCUT2D eigenvalue weighted by Gasteiger charge is -2.35. The van der Waals surface area contributed by atoms with Gasteiger partial charge in [0, 0.05) is 25.2 Å². The van der Waals surface area contributed by atoms with Gasteiger partial charge in [0.2, 0.25) is 5.91 Å². The van der Waals surface area contributed by atoms with E-state index in [2.05, 4.69) is 21.1 Å². The minimum atomic E-state index is -0.326. The van der Waals surface area contributed by atoms with E-state index >= 15 is 0 Å². The highest BCUT2D eigenvalue weighted by Gasteiger charge is 2.29. The van der Waals surface area contributed by atoms with Gasteiger partial charge in [-0.2, -0.15) is 0 Å². The fourth-order valence-corrected chi connectivity index (χ4v) is 3.60. The quantitative estimate of drug-likeness (QED) is 0.638. The van der Waals surface area contributed by atoms with E-state index in [1.807, 2.05) is 0 Å². The number of rotatable bonds is 7. The van der Waals surface area contributed by atoms with Crippen LogP contribution < -0.4 is 20.9 Å². The zero-order chi connectivity index (χ0) is 17.5. The number of piperidine rings is 1. The fourth-order valence-electron chi connectivity index (χ4n) is 3.60. The molecular formula is C18H27FN4O2. The summed E-state index contributed by atoms with van der Waals surface area (Å²) in [5, 5.41) is 2.87. The molecule has 0 aromatic heterocycles. The fraction of sp³-hybridized carbons (Fsp3) is 0.611. The maximum Gasteiger partial charge on any atom is 0.234 e. The summed E-state index contributed by atoms with van der Waals surface area (Å²) in [5.74, 6) is 0.771. The molecule has 25 heavy (non-hydrogen) atoms. The third-order valence-corrected chi connectivity index (χ3v) is 4.84.